The van der Waals surface area contributed by atoms with E-state index in [1.54, 1.807) is 18.2 Å². The van der Waals surface area contributed by atoms with Crippen LogP contribution in [-0.2, 0) is 0 Å². The molecule has 1 aromatic heterocycles. The number of nitrogens with zero attached hydrogens (tertiary/aromatic N) is 2. The number of hydrogen-bond acceptors (Lipinski definition) is 5. The highest BCUT2D eigenvalue weighted by Gasteiger charge is 2.11. The van der Waals surface area contributed by atoms with Gasteiger partial charge in [-0.05, 0) is 62.4 Å². The van der Waals surface area contributed by atoms with E-state index >= 15 is 0 Å². The number of halogens is 1. The fourth-order valence-electron chi connectivity index (χ4n) is 2.41. The average molecular weight is 443 g/mol. The van der Waals surface area contributed by atoms with Crippen LogP contribution in [0.4, 0.5) is 0 Å². The monoisotopic (exact) mass is 442 g/mol. The third kappa shape index (κ3) is 4.98. The number of hydrogen-bond donors (Lipinski definition) is 3. The molecule has 1 heterocycles. The quantitative estimate of drug-likeness (QED) is 0.395. The Balaban J connectivity index is 1.65. The number of rotatable bonds is 6. The molecule has 3 N–H and O–H groups in total. The smallest absolute Gasteiger partial charge is 0.289 e. The van der Waals surface area contributed by atoms with Crippen molar-refractivity contribution in [3.05, 3.63) is 64.3 Å². The van der Waals surface area contributed by atoms with Gasteiger partial charge in [0.05, 0.1) is 18.0 Å². The molecule has 0 aliphatic heterocycles. The first-order valence-electron chi connectivity index (χ1n) is 8.57. The zero-order valence-electron chi connectivity index (χ0n) is 15.3. The van der Waals surface area contributed by atoms with Crippen LogP contribution in [0.2, 0.25) is 0 Å². The van der Waals surface area contributed by atoms with E-state index < -0.39 is 5.91 Å². The second kappa shape index (κ2) is 8.71. The van der Waals surface area contributed by atoms with Crippen molar-refractivity contribution < 1.29 is 14.6 Å². The minimum atomic E-state index is -0.441. The number of aromatic nitrogens is 2. The van der Waals surface area contributed by atoms with Crippen molar-refractivity contribution in [3.63, 3.8) is 0 Å². The van der Waals surface area contributed by atoms with Crippen LogP contribution in [0.15, 0.2) is 58.1 Å². The highest BCUT2D eigenvalue weighted by Crippen LogP contribution is 2.22. The number of phenolic OH excluding ortho intramolecular Hbond substituents is 1. The Labute approximate surface area is 170 Å². The summed E-state index contributed by atoms with van der Waals surface area (Å²) in [4.78, 5) is 12.2. The molecule has 0 saturated carbocycles. The number of aromatic hydroxyl groups is 1. The van der Waals surface area contributed by atoms with Crippen LogP contribution in [0.5, 0.6) is 11.5 Å². The molecule has 3 aromatic rings. The summed E-state index contributed by atoms with van der Waals surface area (Å²) >= 11 is 3.31. The Hall–Kier alpha value is -3.13. The van der Waals surface area contributed by atoms with Crippen LogP contribution in [0.3, 0.4) is 0 Å². The van der Waals surface area contributed by atoms with Crippen LogP contribution in [0.25, 0.3) is 11.3 Å². The number of nitrogens with one attached hydrogen (secondary N) is 2. The first-order chi connectivity index (χ1) is 13.4. The van der Waals surface area contributed by atoms with Gasteiger partial charge in [0.1, 0.15) is 17.2 Å². The molecule has 0 bridgehead atoms. The van der Waals surface area contributed by atoms with Crippen LogP contribution < -0.4 is 10.2 Å². The van der Waals surface area contributed by atoms with E-state index in [4.69, 9.17) is 4.74 Å². The zero-order valence-corrected chi connectivity index (χ0v) is 16.9. The summed E-state index contributed by atoms with van der Waals surface area (Å²) < 4.78 is 6.41. The molecule has 8 heteroatoms. The van der Waals surface area contributed by atoms with Gasteiger partial charge in [-0.3, -0.25) is 9.89 Å². The van der Waals surface area contributed by atoms with Crippen molar-refractivity contribution in [1.29, 1.82) is 0 Å². The molecular weight excluding hydrogens is 424 g/mol. The van der Waals surface area contributed by atoms with E-state index in [2.05, 4.69) is 36.7 Å². The number of amides is 1. The maximum absolute atomic E-state index is 12.2. The molecule has 1 amide bonds. The Morgan fingerprint density at radius 1 is 1.25 bits per heavy atom. The number of phenols is 1. The number of aromatic amines is 1. The van der Waals surface area contributed by atoms with Gasteiger partial charge in [-0.1, -0.05) is 15.9 Å². The third-order valence-electron chi connectivity index (χ3n) is 3.70. The van der Waals surface area contributed by atoms with Gasteiger partial charge < -0.3 is 9.84 Å². The zero-order chi connectivity index (χ0) is 20.1. The number of H-pyrrole nitrogens is 1. The van der Waals surface area contributed by atoms with Crippen LogP contribution in [-0.4, -0.2) is 33.5 Å². The number of hydrazone groups is 1. The predicted molar refractivity (Wildman–Crippen MR) is 111 cm³/mol. The van der Waals surface area contributed by atoms with Gasteiger partial charge >= 0.3 is 0 Å². The van der Waals surface area contributed by atoms with Gasteiger partial charge in [-0.25, -0.2) is 5.43 Å². The molecule has 0 saturated heterocycles. The molecule has 144 valence electrons. The highest BCUT2D eigenvalue weighted by atomic mass is 79.9. The van der Waals surface area contributed by atoms with Crippen LogP contribution in [0.1, 0.15) is 29.9 Å². The minimum absolute atomic E-state index is 0.0647. The maximum atomic E-state index is 12.2. The lowest BCUT2D eigenvalue weighted by atomic mass is 10.1. The Bertz CT molecular complexity index is 997. The number of carbonyl (C=O) groups is 1. The van der Waals surface area contributed by atoms with Gasteiger partial charge in [-0.2, -0.15) is 10.2 Å². The molecule has 0 atom stereocenters. The lowest BCUT2D eigenvalue weighted by Crippen LogP contribution is -2.18. The summed E-state index contributed by atoms with van der Waals surface area (Å²) in [5.41, 5.74) is 4.64. The molecule has 0 fully saturated rings. The van der Waals surface area contributed by atoms with E-state index in [0.717, 1.165) is 15.8 Å². The molecule has 3 rings (SSSR count). The molecule has 0 unspecified atom stereocenters. The van der Waals surface area contributed by atoms with E-state index in [1.807, 2.05) is 38.1 Å². The van der Waals surface area contributed by atoms with Crippen molar-refractivity contribution in [3.8, 4) is 22.8 Å². The van der Waals surface area contributed by atoms with E-state index in [9.17, 15) is 9.90 Å². The van der Waals surface area contributed by atoms with E-state index in [0.29, 0.717) is 11.3 Å². The van der Waals surface area contributed by atoms with Crippen molar-refractivity contribution >= 4 is 28.1 Å². The maximum Gasteiger partial charge on any atom is 0.289 e. The average Bonchev–Trinajstić information content (AvgIpc) is 3.15. The fourth-order valence-corrected chi connectivity index (χ4v) is 2.79. The van der Waals surface area contributed by atoms with E-state index in [1.165, 1.54) is 12.3 Å². The van der Waals surface area contributed by atoms with Crippen molar-refractivity contribution in [1.82, 2.24) is 15.6 Å². The summed E-state index contributed by atoms with van der Waals surface area (Å²) in [5, 5.41) is 20.5. The second-order valence-electron chi connectivity index (χ2n) is 6.26. The molecular formula is C20H19BrN4O3. The first-order valence-corrected chi connectivity index (χ1v) is 9.36. The summed E-state index contributed by atoms with van der Waals surface area (Å²) in [6.45, 7) is 3.93. The minimum Gasteiger partial charge on any atom is -0.507 e. The van der Waals surface area contributed by atoms with Gasteiger partial charge in [-0.15, -0.1) is 0 Å². The predicted octanol–water partition coefficient (Wildman–Crippen LogP) is 4.10. The fraction of sp³-hybridized carbons (Fsp3) is 0.150. The van der Waals surface area contributed by atoms with Crippen LogP contribution >= 0.6 is 15.9 Å². The van der Waals surface area contributed by atoms with Gasteiger partial charge in [0, 0.05) is 15.6 Å². The highest BCUT2D eigenvalue weighted by molar-refractivity contribution is 9.10. The third-order valence-corrected chi connectivity index (χ3v) is 4.20. The molecule has 7 nitrogen and oxygen atoms in total. The largest absolute Gasteiger partial charge is 0.507 e. The molecule has 0 aliphatic carbocycles. The Morgan fingerprint density at radius 3 is 2.71 bits per heavy atom. The van der Waals surface area contributed by atoms with Crippen LogP contribution in [0, 0.1) is 0 Å². The van der Waals surface area contributed by atoms with Crippen molar-refractivity contribution in [2.24, 2.45) is 5.10 Å². The first kappa shape index (κ1) is 19.6. The molecule has 28 heavy (non-hydrogen) atoms. The number of carbonyl (C=O) groups excluding carboxylic acids is 1. The van der Waals surface area contributed by atoms with Crippen molar-refractivity contribution in [2.75, 3.05) is 0 Å². The second-order valence-corrected chi connectivity index (χ2v) is 7.18. The summed E-state index contributed by atoms with van der Waals surface area (Å²) in [6.07, 6.45) is 1.47. The van der Waals surface area contributed by atoms with Gasteiger partial charge in [0.15, 0.2) is 0 Å². The summed E-state index contributed by atoms with van der Waals surface area (Å²) in [6, 6.07) is 14.0. The lowest BCUT2D eigenvalue weighted by Gasteiger charge is -2.09. The van der Waals surface area contributed by atoms with Crippen molar-refractivity contribution in [2.45, 2.75) is 20.0 Å². The van der Waals surface area contributed by atoms with Gasteiger partial charge in [0.25, 0.3) is 5.91 Å². The SMILES string of the molecule is CC(C)Oc1ccc(-c2cc(C(=O)N/N=C\c3cc(Br)ccc3O)[nH]n2)cc1. The standard InChI is InChI=1S/C20H19BrN4O3/c1-12(2)28-16-6-3-13(4-7-16)17-10-18(24-23-17)20(27)25-22-11-14-9-15(21)5-8-19(14)26/h3-12,26H,1-2H3,(H,23,24)(H,25,27)/b22-11-. The molecule has 0 radical (unpaired) electrons. The summed E-state index contributed by atoms with van der Waals surface area (Å²) in [5.74, 6) is 0.400. The molecule has 2 aromatic carbocycles. The molecule has 0 spiro atoms. The number of ether oxygens (including phenoxy) is 1. The van der Waals surface area contributed by atoms with E-state index in [-0.39, 0.29) is 17.5 Å². The normalized spacial score (nSPS) is 11.1. The lowest BCUT2D eigenvalue weighted by molar-refractivity contribution is 0.0950. The summed E-state index contributed by atoms with van der Waals surface area (Å²) in [7, 11) is 0. The number of benzene rings is 2. The molecule has 0 aliphatic rings. The van der Waals surface area contributed by atoms with Gasteiger partial charge in [0.2, 0.25) is 0 Å². The Kier molecular flexibility index (Phi) is 6.10. The Morgan fingerprint density at radius 2 is 2.00 bits per heavy atom. The topological polar surface area (TPSA) is 99.6 Å².